The minimum Gasteiger partial charge on any atom is -0.497 e. The molecule has 0 radical (unpaired) electrons. The number of nitrogen functional groups attached to an aromatic ring is 1. The number of benzene rings is 2. The molecule has 0 bridgehead atoms. The third-order valence-corrected chi connectivity index (χ3v) is 3.91. The van der Waals surface area contributed by atoms with Crippen LogP contribution in [0.25, 0.3) is 0 Å². The fraction of sp³-hybridized carbons (Fsp3) is 0.200. The van der Waals surface area contributed by atoms with Gasteiger partial charge in [-0.2, -0.15) is 0 Å². The Morgan fingerprint density at radius 3 is 2.50 bits per heavy atom. The molecule has 18 heavy (non-hydrogen) atoms. The second-order valence-electron chi connectivity index (χ2n) is 4.11. The first-order valence-electron chi connectivity index (χ1n) is 5.85. The summed E-state index contributed by atoms with van der Waals surface area (Å²) < 4.78 is 5.23. The third kappa shape index (κ3) is 3.20. The molecule has 2 aromatic carbocycles. The molecule has 94 valence electrons. The summed E-state index contributed by atoms with van der Waals surface area (Å²) in [5.74, 6) is 0.893. The van der Waals surface area contributed by atoms with E-state index in [1.54, 1.807) is 7.11 Å². The highest BCUT2D eigenvalue weighted by Gasteiger charge is 2.07. The minimum absolute atomic E-state index is 0.387. The van der Waals surface area contributed by atoms with E-state index in [0.717, 1.165) is 11.4 Å². The second kappa shape index (κ2) is 5.83. The molecular formula is C15H17NOS. The maximum Gasteiger partial charge on any atom is 0.119 e. The largest absolute Gasteiger partial charge is 0.497 e. The molecular weight excluding hydrogens is 242 g/mol. The number of hydrogen-bond donors (Lipinski definition) is 1. The fourth-order valence-electron chi connectivity index (χ4n) is 1.71. The highest BCUT2D eigenvalue weighted by molar-refractivity contribution is 7.99. The van der Waals surface area contributed by atoms with E-state index in [0.29, 0.717) is 5.25 Å². The lowest BCUT2D eigenvalue weighted by Gasteiger charge is -2.12. The van der Waals surface area contributed by atoms with Crippen LogP contribution in [0.1, 0.15) is 17.7 Å². The number of rotatable bonds is 4. The van der Waals surface area contributed by atoms with Gasteiger partial charge in [-0.1, -0.05) is 18.2 Å². The van der Waals surface area contributed by atoms with Crippen molar-refractivity contribution in [2.75, 3.05) is 12.8 Å². The maximum atomic E-state index is 5.69. The van der Waals surface area contributed by atoms with Gasteiger partial charge in [0, 0.05) is 15.8 Å². The Balaban J connectivity index is 2.10. The van der Waals surface area contributed by atoms with Crippen LogP contribution in [0.4, 0.5) is 5.69 Å². The Bertz CT molecular complexity index is 510. The van der Waals surface area contributed by atoms with Crippen molar-refractivity contribution in [1.82, 2.24) is 0 Å². The van der Waals surface area contributed by atoms with Crippen LogP contribution < -0.4 is 10.5 Å². The highest BCUT2D eigenvalue weighted by atomic mass is 32.2. The molecule has 0 saturated carbocycles. The maximum absolute atomic E-state index is 5.69. The van der Waals surface area contributed by atoms with Gasteiger partial charge < -0.3 is 10.5 Å². The zero-order valence-electron chi connectivity index (χ0n) is 10.6. The smallest absolute Gasteiger partial charge is 0.119 e. The third-order valence-electron chi connectivity index (χ3n) is 2.76. The minimum atomic E-state index is 0.387. The van der Waals surface area contributed by atoms with Gasteiger partial charge in [-0.05, 0) is 42.8 Å². The summed E-state index contributed by atoms with van der Waals surface area (Å²) in [7, 11) is 1.69. The van der Waals surface area contributed by atoms with Gasteiger partial charge in [0.05, 0.1) is 7.11 Å². The van der Waals surface area contributed by atoms with Crippen LogP contribution in [0.3, 0.4) is 0 Å². The predicted octanol–water partition coefficient (Wildman–Crippen LogP) is 4.13. The predicted molar refractivity (Wildman–Crippen MR) is 78.1 cm³/mol. The molecule has 0 amide bonds. The van der Waals surface area contributed by atoms with Gasteiger partial charge in [0.2, 0.25) is 0 Å². The Hall–Kier alpha value is -1.61. The topological polar surface area (TPSA) is 35.2 Å². The van der Waals surface area contributed by atoms with E-state index >= 15 is 0 Å². The molecule has 1 unspecified atom stereocenters. The van der Waals surface area contributed by atoms with Crippen molar-refractivity contribution in [1.29, 1.82) is 0 Å². The first-order chi connectivity index (χ1) is 8.69. The van der Waals surface area contributed by atoms with Gasteiger partial charge in [0.25, 0.3) is 0 Å². The van der Waals surface area contributed by atoms with Crippen molar-refractivity contribution >= 4 is 17.4 Å². The molecule has 0 fully saturated rings. The van der Waals surface area contributed by atoms with E-state index in [1.807, 2.05) is 36.0 Å². The standard InChI is InChI=1S/C15H17NOS/c1-11(12-6-8-13(16)9-7-12)18-15-5-3-4-14(10-15)17-2/h3-11H,16H2,1-2H3. The van der Waals surface area contributed by atoms with Gasteiger partial charge in [0.1, 0.15) is 5.75 Å². The fourth-order valence-corrected chi connectivity index (χ4v) is 2.76. The van der Waals surface area contributed by atoms with Crippen molar-refractivity contribution in [2.24, 2.45) is 0 Å². The number of methoxy groups -OCH3 is 1. The van der Waals surface area contributed by atoms with E-state index in [-0.39, 0.29) is 0 Å². The van der Waals surface area contributed by atoms with Gasteiger partial charge in [-0.3, -0.25) is 0 Å². The van der Waals surface area contributed by atoms with Gasteiger partial charge in [-0.15, -0.1) is 11.8 Å². The Morgan fingerprint density at radius 2 is 1.83 bits per heavy atom. The van der Waals surface area contributed by atoms with E-state index in [2.05, 4.69) is 31.2 Å². The molecule has 0 heterocycles. The molecule has 2 N–H and O–H groups in total. The van der Waals surface area contributed by atoms with Gasteiger partial charge in [0.15, 0.2) is 0 Å². The first kappa shape index (κ1) is 12.8. The summed E-state index contributed by atoms with van der Waals surface area (Å²) in [6.07, 6.45) is 0. The molecule has 0 aliphatic rings. The summed E-state index contributed by atoms with van der Waals surface area (Å²) in [4.78, 5) is 1.21. The number of ether oxygens (including phenoxy) is 1. The van der Waals surface area contributed by atoms with Crippen LogP contribution in [0, 0.1) is 0 Å². The van der Waals surface area contributed by atoms with E-state index in [4.69, 9.17) is 10.5 Å². The average Bonchev–Trinajstić information content (AvgIpc) is 2.39. The van der Waals surface area contributed by atoms with Crippen molar-refractivity contribution in [2.45, 2.75) is 17.1 Å². The molecule has 0 aliphatic heterocycles. The lowest BCUT2D eigenvalue weighted by atomic mass is 10.1. The number of hydrogen-bond acceptors (Lipinski definition) is 3. The summed E-state index contributed by atoms with van der Waals surface area (Å²) in [6, 6.07) is 16.2. The Labute approximate surface area is 112 Å². The van der Waals surface area contributed by atoms with Crippen LogP contribution >= 0.6 is 11.8 Å². The molecule has 2 nitrogen and oxygen atoms in total. The molecule has 0 aromatic heterocycles. The quantitative estimate of drug-likeness (QED) is 0.662. The summed E-state index contributed by atoms with van der Waals surface area (Å²) in [5, 5.41) is 0.387. The molecule has 0 aliphatic carbocycles. The van der Waals surface area contributed by atoms with Crippen LogP contribution in [0.15, 0.2) is 53.4 Å². The van der Waals surface area contributed by atoms with Gasteiger partial charge >= 0.3 is 0 Å². The zero-order chi connectivity index (χ0) is 13.0. The van der Waals surface area contributed by atoms with E-state index in [9.17, 15) is 0 Å². The number of anilines is 1. The summed E-state index contributed by atoms with van der Waals surface area (Å²) in [6.45, 7) is 2.19. The van der Waals surface area contributed by atoms with Crippen LogP contribution in [-0.4, -0.2) is 7.11 Å². The summed E-state index contributed by atoms with van der Waals surface area (Å²) in [5.41, 5.74) is 7.77. The zero-order valence-corrected chi connectivity index (χ0v) is 11.4. The summed E-state index contributed by atoms with van der Waals surface area (Å²) >= 11 is 1.81. The lowest BCUT2D eigenvalue weighted by Crippen LogP contribution is -1.90. The number of thioether (sulfide) groups is 1. The monoisotopic (exact) mass is 259 g/mol. The van der Waals surface area contributed by atoms with Crippen molar-refractivity contribution in [3.05, 3.63) is 54.1 Å². The van der Waals surface area contributed by atoms with E-state index < -0.39 is 0 Å². The SMILES string of the molecule is COc1cccc(SC(C)c2ccc(N)cc2)c1. The second-order valence-corrected chi connectivity index (χ2v) is 5.52. The van der Waals surface area contributed by atoms with E-state index in [1.165, 1.54) is 10.5 Å². The van der Waals surface area contributed by atoms with Crippen molar-refractivity contribution < 1.29 is 4.74 Å². The Kier molecular flexibility index (Phi) is 4.15. The van der Waals surface area contributed by atoms with Crippen LogP contribution in [-0.2, 0) is 0 Å². The highest BCUT2D eigenvalue weighted by Crippen LogP contribution is 2.36. The van der Waals surface area contributed by atoms with Crippen LogP contribution in [0.2, 0.25) is 0 Å². The first-order valence-corrected chi connectivity index (χ1v) is 6.73. The van der Waals surface area contributed by atoms with Crippen molar-refractivity contribution in [3.8, 4) is 5.75 Å². The number of nitrogens with two attached hydrogens (primary N) is 1. The van der Waals surface area contributed by atoms with Gasteiger partial charge in [-0.25, -0.2) is 0 Å². The lowest BCUT2D eigenvalue weighted by molar-refractivity contribution is 0.413. The molecule has 3 heteroatoms. The molecule has 1 atom stereocenters. The molecule has 0 saturated heterocycles. The van der Waals surface area contributed by atoms with Crippen LogP contribution in [0.5, 0.6) is 5.75 Å². The molecule has 0 spiro atoms. The normalized spacial score (nSPS) is 12.1. The van der Waals surface area contributed by atoms with Crippen molar-refractivity contribution in [3.63, 3.8) is 0 Å². The molecule has 2 rings (SSSR count). The Morgan fingerprint density at radius 1 is 1.11 bits per heavy atom. The molecule has 2 aromatic rings. The average molecular weight is 259 g/mol.